The molecule has 3 aliphatic heterocycles. The molecule has 1 saturated heterocycles. The highest BCUT2D eigenvalue weighted by Gasteiger charge is 2.47. The Hall–Kier alpha value is -4.46. The molecule has 0 bridgehead atoms. The number of Topliss-reactive ketones (excluding diaryl/α,β-unsaturated/α-hetero) is 1. The summed E-state index contributed by atoms with van der Waals surface area (Å²) >= 11 is 0. The van der Waals surface area contributed by atoms with Crippen LogP contribution in [0.2, 0.25) is 0 Å². The number of hydrogen-bond acceptors (Lipinski definition) is 7. The molecule has 3 aromatic rings. The van der Waals surface area contributed by atoms with Crippen LogP contribution in [0.1, 0.15) is 42.5 Å². The molecule has 6 rings (SSSR count). The van der Waals surface area contributed by atoms with Crippen molar-refractivity contribution < 1.29 is 33.6 Å². The van der Waals surface area contributed by atoms with Gasteiger partial charge in [0.2, 0.25) is 6.79 Å². The van der Waals surface area contributed by atoms with Gasteiger partial charge in [0.25, 0.3) is 11.7 Å². The van der Waals surface area contributed by atoms with Crippen LogP contribution in [0.5, 0.6) is 23.0 Å². The van der Waals surface area contributed by atoms with Gasteiger partial charge < -0.3 is 24.1 Å². The van der Waals surface area contributed by atoms with Gasteiger partial charge in [-0.15, -0.1) is 0 Å². The van der Waals surface area contributed by atoms with E-state index in [1.54, 1.807) is 36.4 Å². The number of benzene rings is 3. The minimum absolute atomic E-state index is 0.00311. The van der Waals surface area contributed by atoms with Gasteiger partial charge in [-0.1, -0.05) is 38.1 Å². The van der Waals surface area contributed by atoms with E-state index in [2.05, 4.69) is 13.8 Å². The number of aliphatic hydroxyl groups excluding tert-OH is 1. The molecule has 1 unspecified atom stereocenters. The number of rotatable bonds is 4. The summed E-state index contributed by atoms with van der Waals surface area (Å²) in [7, 11) is 0. The third kappa shape index (κ3) is 3.85. The van der Waals surface area contributed by atoms with Crippen LogP contribution >= 0.6 is 0 Å². The van der Waals surface area contributed by atoms with E-state index in [1.807, 2.05) is 24.3 Å². The van der Waals surface area contributed by atoms with Crippen molar-refractivity contribution in [1.29, 1.82) is 0 Å². The van der Waals surface area contributed by atoms with Crippen molar-refractivity contribution in [2.24, 2.45) is 0 Å². The monoisotopic (exact) mass is 499 g/mol. The molecule has 1 N–H and O–H groups in total. The lowest BCUT2D eigenvalue weighted by Gasteiger charge is -2.26. The van der Waals surface area contributed by atoms with Crippen LogP contribution < -0.4 is 23.8 Å². The SMILES string of the molecule is CC(C)c1ccc(C2/C(=C(/O)c3ccc4c(c3)OCCO4)C(=O)C(=O)N2c2ccc3c(c2)OCO3)cc1. The van der Waals surface area contributed by atoms with Crippen LogP contribution in [0.3, 0.4) is 0 Å². The molecule has 1 amide bonds. The lowest BCUT2D eigenvalue weighted by molar-refractivity contribution is -0.132. The van der Waals surface area contributed by atoms with Crippen molar-refractivity contribution in [3.8, 4) is 23.0 Å². The number of nitrogens with zero attached hydrogens (tertiary/aromatic N) is 1. The zero-order valence-corrected chi connectivity index (χ0v) is 20.4. The fourth-order valence-corrected chi connectivity index (χ4v) is 4.86. The molecule has 3 aromatic carbocycles. The largest absolute Gasteiger partial charge is 0.507 e. The summed E-state index contributed by atoms with van der Waals surface area (Å²) in [6, 6.07) is 16.9. The van der Waals surface area contributed by atoms with Crippen molar-refractivity contribution in [1.82, 2.24) is 0 Å². The van der Waals surface area contributed by atoms with E-state index in [0.717, 1.165) is 5.56 Å². The molecule has 1 atom stereocenters. The number of ether oxygens (including phenoxy) is 4. The van der Waals surface area contributed by atoms with E-state index in [9.17, 15) is 14.7 Å². The van der Waals surface area contributed by atoms with Crippen molar-refractivity contribution in [3.05, 3.63) is 82.9 Å². The molecular weight excluding hydrogens is 474 g/mol. The van der Waals surface area contributed by atoms with Gasteiger partial charge in [0.05, 0.1) is 11.6 Å². The normalized spacial score (nSPS) is 19.5. The second-order valence-corrected chi connectivity index (χ2v) is 9.39. The van der Waals surface area contributed by atoms with E-state index in [0.29, 0.717) is 58.9 Å². The molecule has 0 aromatic heterocycles. The highest BCUT2D eigenvalue weighted by molar-refractivity contribution is 6.51. The third-order valence-electron chi connectivity index (χ3n) is 6.81. The Balaban J connectivity index is 1.51. The summed E-state index contributed by atoms with van der Waals surface area (Å²) in [6.45, 7) is 5.09. The Morgan fingerprint density at radius 1 is 0.838 bits per heavy atom. The van der Waals surface area contributed by atoms with Crippen LogP contribution in [0.4, 0.5) is 5.69 Å². The van der Waals surface area contributed by atoms with Gasteiger partial charge >= 0.3 is 0 Å². The highest BCUT2D eigenvalue weighted by Crippen LogP contribution is 2.45. The predicted octanol–water partition coefficient (Wildman–Crippen LogP) is 4.94. The number of fused-ring (bicyclic) bond motifs is 2. The molecule has 0 radical (unpaired) electrons. The zero-order chi connectivity index (χ0) is 25.7. The summed E-state index contributed by atoms with van der Waals surface area (Å²) in [5.41, 5.74) is 2.63. The van der Waals surface area contributed by atoms with Gasteiger partial charge in [-0.05, 0) is 47.4 Å². The van der Waals surface area contributed by atoms with Gasteiger partial charge in [-0.2, -0.15) is 0 Å². The molecular formula is C29H25NO7. The summed E-state index contributed by atoms with van der Waals surface area (Å²) in [5.74, 6) is 0.597. The molecule has 3 aliphatic rings. The van der Waals surface area contributed by atoms with Crippen LogP contribution in [0.15, 0.2) is 66.2 Å². The standard InChI is InChI=1S/C29H25NO7/c1-16(2)17-3-5-18(6-4-17)26-25(27(31)19-7-9-21-23(13-19)35-12-11-34-21)28(32)29(33)30(26)20-8-10-22-24(14-20)37-15-36-22/h3-10,13-14,16,26,31H,11-12,15H2,1-2H3/b27-25-. The lowest BCUT2D eigenvalue weighted by atomic mass is 9.93. The number of carbonyl (C=O) groups excluding carboxylic acids is 2. The Morgan fingerprint density at radius 3 is 2.24 bits per heavy atom. The number of amides is 1. The Bertz CT molecular complexity index is 1440. The van der Waals surface area contributed by atoms with Gasteiger partial charge in [-0.3, -0.25) is 14.5 Å². The maximum absolute atomic E-state index is 13.5. The maximum atomic E-state index is 13.5. The number of ketones is 1. The topological polar surface area (TPSA) is 94.5 Å². The first kappa shape index (κ1) is 23.0. The van der Waals surface area contributed by atoms with Crippen LogP contribution in [-0.4, -0.2) is 36.8 Å². The Labute approximate surface area is 213 Å². The van der Waals surface area contributed by atoms with Crippen LogP contribution in [0, 0.1) is 0 Å². The third-order valence-corrected chi connectivity index (χ3v) is 6.81. The average molecular weight is 500 g/mol. The molecule has 0 aliphatic carbocycles. The number of carbonyl (C=O) groups is 2. The first-order valence-electron chi connectivity index (χ1n) is 12.1. The first-order valence-corrected chi connectivity index (χ1v) is 12.1. The molecule has 8 heteroatoms. The van der Waals surface area contributed by atoms with E-state index in [4.69, 9.17) is 18.9 Å². The molecule has 37 heavy (non-hydrogen) atoms. The number of anilines is 1. The average Bonchev–Trinajstić information content (AvgIpc) is 3.49. The van der Waals surface area contributed by atoms with Crippen molar-refractivity contribution in [2.75, 3.05) is 24.9 Å². The summed E-state index contributed by atoms with van der Waals surface area (Å²) in [5, 5.41) is 11.4. The quantitative estimate of drug-likeness (QED) is 0.309. The Morgan fingerprint density at radius 2 is 1.49 bits per heavy atom. The minimum Gasteiger partial charge on any atom is -0.507 e. The summed E-state index contributed by atoms with van der Waals surface area (Å²) in [6.07, 6.45) is 0. The van der Waals surface area contributed by atoms with Crippen LogP contribution in [-0.2, 0) is 9.59 Å². The second-order valence-electron chi connectivity index (χ2n) is 9.39. The highest BCUT2D eigenvalue weighted by atomic mass is 16.7. The zero-order valence-electron chi connectivity index (χ0n) is 20.4. The molecule has 8 nitrogen and oxygen atoms in total. The van der Waals surface area contributed by atoms with Crippen molar-refractivity contribution in [3.63, 3.8) is 0 Å². The van der Waals surface area contributed by atoms with E-state index in [-0.39, 0.29) is 18.1 Å². The predicted molar refractivity (Wildman–Crippen MR) is 135 cm³/mol. The summed E-state index contributed by atoms with van der Waals surface area (Å²) < 4.78 is 22.2. The fourth-order valence-electron chi connectivity index (χ4n) is 4.86. The van der Waals surface area contributed by atoms with Crippen LogP contribution in [0.25, 0.3) is 5.76 Å². The van der Waals surface area contributed by atoms with E-state index >= 15 is 0 Å². The van der Waals surface area contributed by atoms with Crippen molar-refractivity contribution in [2.45, 2.75) is 25.8 Å². The molecule has 0 spiro atoms. The molecule has 0 saturated carbocycles. The van der Waals surface area contributed by atoms with Gasteiger partial charge in [0.1, 0.15) is 19.0 Å². The van der Waals surface area contributed by atoms with Gasteiger partial charge in [0, 0.05) is 17.3 Å². The van der Waals surface area contributed by atoms with Gasteiger partial charge in [-0.25, -0.2) is 0 Å². The van der Waals surface area contributed by atoms with E-state index < -0.39 is 17.7 Å². The molecule has 188 valence electrons. The van der Waals surface area contributed by atoms with Crippen molar-refractivity contribution >= 4 is 23.1 Å². The number of aliphatic hydroxyl groups is 1. The minimum atomic E-state index is -0.852. The fraction of sp³-hybridized carbons (Fsp3) is 0.241. The lowest BCUT2D eigenvalue weighted by Crippen LogP contribution is -2.29. The second kappa shape index (κ2) is 8.89. The molecule has 3 heterocycles. The van der Waals surface area contributed by atoms with E-state index in [1.165, 1.54) is 4.90 Å². The molecule has 1 fully saturated rings. The van der Waals surface area contributed by atoms with Gasteiger partial charge in [0.15, 0.2) is 23.0 Å². The Kier molecular flexibility index (Phi) is 5.52. The smallest absolute Gasteiger partial charge is 0.300 e. The summed E-state index contributed by atoms with van der Waals surface area (Å²) in [4.78, 5) is 28.3. The maximum Gasteiger partial charge on any atom is 0.300 e. The first-order chi connectivity index (χ1) is 17.9. The number of hydrogen-bond donors (Lipinski definition) is 1.